The topological polar surface area (TPSA) is 26.3 Å². The molecule has 2 rings (SSSR count). The molecular formula is C15H13FO2. The first kappa shape index (κ1) is 12.3. The average Bonchev–Trinajstić information content (AvgIpc) is 2.38. The Morgan fingerprint density at radius 2 is 1.89 bits per heavy atom. The van der Waals surface area contributed by atoms with Gasteiger partial charge >= 0.3 is 5.97 Å². The first-order chi connectivity index (χ1) is 8.63. The van der Waals surface area contributed by atoms with Crippen LogP contribution in [-0.4, -0.2) is 13.1 Å². The van der Waals surface area contributed by atoms with Crippen molar-refractivity contribution in [3.8, 4) is 11.1 Å². The van der Waals surface area contributed by atoms with E-state index in [2.05, 4.69) is 4.74 Å². The molecule has 2 nitrogen and oxygen atoms in total. The normalized spacial score (nSPS) is 10.2. The van der Waals surface area contributed by atoms with E-state index in [4.69, 9.17) is 0 Å². The number of methoxy groups -OCH3 is 1. The van der Waals surface area contributed by atoms with Crippen LogP contribution in [0.4, 0.5) is 4.39 Å². The van der Waals surface area contributed by atoms with Crippen LogP contribution in [-0.2, 0) is 4.74 Å². The van der Waals surface area contributed by atoms with Crippen molar-refractivity contribution >= 4 is 5.97 Å². The molecule has 0 amide bonds. The summed E-state index contributed by atoms with van der Waals surface area (Å²) in [7, 11) is 1.23. The highest BCUT2D eigenvalue weighted by molar-refractivity contribution is 5.90. The molecule has 0 N–H and O–H groups in total. The molecule has 3 heteroatoms. The van der Waals surface area contributed by atoms with Gasteiger partial charge in [-0.15, -0.1) is 0 Å². The van der Waals surface area contributed by atoms with Gasteiger partial charge in [-0.2, -0.15) is 0 Å². The van der Waals surface area contributed by atoms with Crippen LogP contribution >= 0.6 is 0 Å². The van der Waals surface area contributed by atoms with Gasteiger partial charge in [-0.3, -0.25) is 0 Å². The molecule has 0 radical (unpaired) electrons. The number of carbonyl (C=O) groups is 1. The molecular weight excluding hydrogens is 231 g/mol. The fourth-order valence-corrected chi connectivity index (χ4v) is 1.85. The second kappa shape index (κ2) is 5.00. The van der Waals surface area contributed by atoms with Crippen LogP contribution in [0.3, 0.4) is 0 Å². The molecule has 18 heavy (non-hydrogen) atoms. The van der Waals surface area contributed by atoms with Gasteiger partial charge in [-0.25, -0.2) is 9.18 Å². The van der Waals surface area contributed by atoms with Crippen molar-refractivity contribution in [2.24, 2.45) is 0 Å². The Morgan fingerprint density at radius 1 is 1.17 bits per heavy atom. The molecule has 0 aromatic heterocycles. The Morgan fingerprint density at radius 3 is 2.50 bits per heavy atom. The first-order valence-electron chi connectivity index (χ1n) is 5.57. The third-order valence-electron chi connectivity index (χ3n) is 2.83. The van der Waals surface area contributed by atoms with Gasteiger partial charge in [0.2, 0.25) is 0 Å². The van der Waals surface area contributed by atoms with E-state index in [0.717, 1.165) is 16.7 Å². The van der Waals surface area contributed by atoms with Crippen LogP contribution < -0.4 is 0 Å². The van der Waals surface area contributed by atoms with E-state index in [-0.39, 0.29) is 5.56 Å². The number of hydrogen-bond acceptors (Lipinski definition) is 2. The van der Waals surface area contributed by atoms with Gasteiger partial charge in [0, 0.05) is 0 Å². The lowest BCUT2D eigenvalue weighted by atomic mass is 9.99. The van der Waals surface area contributed by atoms with E-state index in [9.17, 15) is 9.18 Å². The highest BCUT2D eigenvalue weighted by Gasteiger charge is 2.13. The molecule has 0 spiro atoms. The lowest BCUT2D eigenvalue weighted by Gasteiger charge is -2.07. The summed E-state index contributed by atoms with van der Waals surface area (Å²) >= 11 is 0. The van der Waals surface area contributed by atoms with Gasteiger partial charge in [0.1, 0.15) is 5.82 Å². The van der Waals surface area contributed by atoms with E-state index in [0.29, 0.717) is 0 Å². The zero-order valence-electron chi connectivity index (χ0n) is 10.2. The smallest absolute Gasteiger partial charge is 0.340 e. The number of rotatable bonds is 2. The molecule has 0 aliphatic rings. The van der Waals surface area contributed by atoms with Gasteiger partial charge in [0.15, 0.2) is 0 Å². The van der Waals surface area contributed by atoms with Gasteiger partial charge in [0.25, 0.3) is 0 Å². The van der Waals surface area contributed by atoms with Crippen LogP contribution in [0.5, 0.6) is 0 Å². The average molecular weight is 244 g/mol. The van der Waals surface area contributed by atoms with Gasteiger partial charge < -0.3 is 4.74 Å². The summed E-state index contributed by atoms with van der Waals surface area (Å²) < 4.78 is 18.3. The maximum atomic E-state index is 13.8. The van der Waals surface area contributed by atoms with Crippen LogP contribution in [0.15, 0.2) is 42.5 Å². The number of esters is 1. The molecule has 0 heterocycles. The Kier molecular flexibility index (Phi) is 3.42. The second-order valence-corrected chi connectivity index (χ2v) is 4.00. The quantitative estimate of drug-likeness (QED) is 0.755. The molecule has 0 bridgehead atoms. The van der Waals surface area contributed by atoms with Gasteiger partial charge in [0.05, 0.1) is 12.7 Å². The Bertz CT molecular complexity index is 591. The molecule has 0 saturated carbocycles. The third-order valence-corrected chi connectivity index (χ3v) is 2.83. The van der Waals surface area contributed by atoms with Gasteiger partial charge in [-0.1, -0.05) is 30.3 Å². The maximum Gasteiger partial charge on any atom is 0.340 e. The van der Waals surface area contributed by atoms with Crippen LogP contribution in [0.1, 0.15) is 15.9 Å². The lowest BCUT2D eigenvalue weighted by molar-refractivity contribution is 0.0595. The fraction of sp³-hybridized carbons (Fsp3) is 0.133. The molecule has 0 atom stereocenters. The number of ether oxygens (including phenoxy) is 1. The van der Waals surface area contributed by atoms with Crippen molar-refractivity contribution in [1.29, 1.82) is 0 Å². The summed E-state index contributed by atoms with van der Waals surface area (Å²) in [5, 5.41) is 0. The Balaban J connectivity index is 2.47. The standard InChI is InChI=1S/C15H13FO2/c1-10-5-3-4-6-12(10)11-7-8-13(14(16)9-11)15(17)18-2/h3-9H,1-2H3. The van der Waals surface area contributed by atoms with E-state index in [1.807, 2.05) is 31.2 Å². The monoisotopic (exact) mass is 244 g/mol. The zero-order chi connectivity index (χ0) is 13.1. The summed E-state index contributed by atoms with van der Waals surface area (Å²) in [5.41, 5.74) is 2.71. The van der Waals surface area contributed by atoms with Crippen molar-refractivity contribution < 1.29 is 13.9 Å². The summed E-state index contributed by atoms with van der Waals surface area (Å²) in [6, 6.07) is 12.2. The lowest BCUT2D eigenvalue weighted by Crippen LogP contribution is -2.04. The molecule has 2 aromatic rings. The highest BCUT2D eigenvalue weighted by Crippen LogP contribution is 2.25. The van der Waals surface area contributed by atoms with E-state index >= 15 is 0 Å². The predicted octanol–water partition coefficient (Wildman–Crippen LogP) is 3.59. The SMILES string of the molecule is COC(=O)c1ccc(-c2ccccc2C)cc1F. The van der Waals surface area contributed by atoms with Crippen molar-refractivity contribution in [1.82, 2.24) is 0 Å². The molecule has 0 unspecified atom stereocenters. The zero-order valence-corrected chi connectivity index (χ0v) is 10.2. The minimum absolute atomic E-state index is 0.0464. The van der Waals surface area contributed by atoms with E-state index < -0.39 is 11.8 Å². The number of aryl methyl sites for hydroxylation is 1. The fourth-order valence-electron chi connectivity index (χ4n) is 1.85. The molecule has 0 fully saturated rings. The first-order valence-corrected chi connectivity index (χ1v) is 5.57. The van der Waals surface area contributed by atoms with Crippen molar-refractivity contribution in [2.75, 3.05) is 7.11 Å². The van der Waals surface area contributed by atoms with E-state index in [1.165, 1.54) is 19.2 Å². The minimum Gasteiger partial charge on any atom is -0.465 e. The molecule has 2 aromatic carbocycles. The molecule has 92 valence electrons. The van der Waals surface area contributed by atoms with Crippen LogP contribution in [0, 0.1) is 12.7 Å². The Labute approximate surface area is 105 Å². The summed E-state index contributed by atoms with van der Waals surface area (Å²) in [4.78, 5) is 11.3. The van der Waals surface area contributed by atoms with E-state index in [1.54, 1.807) is 6.07 Å². The third kappa shape index (κ3) is 2.25. The van der Waals surface area contributed by atoms with Crippen LogP contribution in [0.25, 0.3) is 11.1 Å². The molecule has 0 aliphatic heterocycles. The molecule has 0 aliphatic carbocycles. The highest BCUT2D eigenvalue weighted by atomic mass is 19.1. The summed E-state index contributed by atoms with van der Waals surface area (Å²) in [5.74, 6) is -1.23. The minimum atomic E-state index is -0.663. The summed E-state index contributed by atoms with van der Waals surface area (Å²) in [6.07, 6.45) is 0. The van der Waals surface area contributed by atoms with Crippen molar-refractivity contribution in [2.45, 2.75) is 6.92 Å². The van der Waals surface area contributed by atoms with Gasteiger partial charge in [-0.05, 0) is 35.7 Å². The number of carbonyl (C=O) groups excluding carboxylic acids is 1. The summed E-state index contributed by atoms with van der Waals surface area (Å²) in [6.45, 7) is 1.96. The second-order valence-electron chi connectivity index (χ2n) is 4.00. The Hall–Kier alpha value is -2.16. The van der Waals surface area contributed by atoms with Crippen molar-refractivity contribution in [3.05, 3.63) is 59.4 Å². The molecule has 0 saturated heterocycles. The van der Waals surface area contributed by atoms with Crippen molar-refractivity contribution in [3.63, 3.8) is 0 Å². The largest absolute Gasteiger partial charge is 0.465 e. The van der Waals surface area contributed by atoms with Crippen LogP contribution in [0.2, 0.25) is 0 Å². The number of halogens is 1. The predicted molar refractivity (Wildman–Crippen MR) is 67.9 cm³/mol. The number of benzene rings is 2. The maximum absolute atomic E-state index is 13.8. The number of hydrogen-bond donors (Lipinski definition) is 0.